The van der Waals surface area contributed by atoms with E-state index in [9.17, 15) is 4.79 Å². The van der Waals surface area contributed by atoms with Gasteiger partial charge in [0, 0.05) is 44.8 Å². The molecule has 3 aromatic rings. The molecule has 0 aliphatic carbocycles. The normalized spacial score (nSPS) is 14.5. The van der Waals surface area contributed by atoms with Crippen molar-refractivity contribution >= 4 is 32.6 Å². The first-order chi connectivity index (χ1) is 16.7. The van der Waals surface area contributed by atoms with Crippen LogP contribution >= 0.6 is 11.3 Å². The molecule has 182 valence electrons. The van der Waals surface area contributed by atoms with Gasteiger partial charge in [-0.15, -0.1) is 0 Å². The lowest BCUT2D eigenvalue weighted by atomic mass is 10.2. The fourth-order valence-corrected chi connectivity index (χ4v) is 5.25. The Morgan fingerprint density at radius 1 is 1.09 bits per heavy atom. The number of unbranched alkanes of at least 4 members (excludes halogenated alkanes) is 2. The average Bonchev–Trinajstić information content (AvgIpc) is 3.30. The summed E-state index contributed by atoms with van der Waals surface area (Å²) in [4.78, 5) is 22.2. The lowest BCUT2D eigenvalue weighted by Gasteiger charge is -2.34. The third-order valence-electron chi connectivity index (χ3n) is 6.32. The van der Waals surface area contributed by atoms with Crippen LogP contribution in [-0.4, -0.2) is 61.7 Å². The van der Waals surface area contributed by atoms with Crippen molar-refractivity contribution in [3.63, 3.8) is 0 Å². The van der Waals surface area contributed by atoms with Crippen molar-refractivity contribution in [1.82, 2.24) is 15.2 Å². The van der Waals surface area contributed by atoms with E-state index in [-0.39, 0.29) is 5.91 Å². The number of nitrogens with zero attached hydrogens (tertiary/aromatic N) is 3. The summed E-state index contributed by atoms with van der Waals surface area (Å²) >= 11 is 1.79. The predicted octanol–water partition coefficient (Wildman–Crippen LogP) is 4.98. The number of amides is 1. The zero-order valence-electron chi connectivity index (χ0n) is 20.4. The number of aromatic nitrogens is 1. The van der Waals surface area contributed by atoms with Crippen molar-refractivity contribution in [3.8, 4) is 5.75 Å². The Morgan fingerprint density at radius 2 is 1.94 bits per heavy atom. The minimum absolute atomic E-state index is 0.0430. The van der Waals surface area contributed by atoms with Gasteiger partial charge < -0.3 is 15.0 Å². The quantitative estimate of drug-likeness (QED) is 0.392. The Balaban J connectivity index is 1.20. The zero-order chi connectivity index (χ0) is 23.8. The summed E-state index contributed by atoms with van der Waals surface area (Å²) in [5.41, 5.74) is 3.11. The predicted molar refractivity (Wildman–Crippen MR) is 141 cm³/mol. The maximum Gasteiger partial charge on any atom is 0.251 e. The van der Waals surface area contributed by atoms with E-state index in [1.165, 1.54) is 16.7 Å². The van der Waals surface area contributed by atoms with Crippen LogP contribution in [0.1, 0.15) is 49.0 Å². The highest BCUT2D eigenvalue weighted by Crippen LogP contribution is 2.30. The first-order valence-corrected chi connectivity index (χ1v) is 13.4. The SMILES string of the molecule is CCCCCOc1cccc(C(=O)NCCN2CCN(c3nc4ccc(CC)cc4s3)CC2)c1. The Morgan fingerprint density at radius 3 is 2.74 bits per heavy atom. The molecule has 1 fully saturated rings. The van der Waals surface area contributed by atoms with Crippen LogP contribution in [0, 0.1) is 0 Å². The number of hydrogen-bond donors (Lipinski definition) is 1. The number of benzene rings is 2. The molecule has 0 radical (unpaired) electrons. The molecule has 1 aliphatic rings. The molecule has 0 unspecified atom stereocenters. The number of carbonyl (C=O) groups is 1. The lowest BCUT2D eigenvalue weighted by molar-refractivity contribution is 0.0947. The number of ether oxygens (including phenoxy) is 1. The van der Waals surface area contributed by atoms with E-state index in [0.717, 1.165) is 68.4 Å². The van der Waals surface area contributed by atoms with Crippen LogP contribution in [0.25, 0.3) is 10.2 Å². The molecule has 0 saturated carbocycles. The highest BCUT2D eigenvalue weighted by molar-refractivity contribution is 7.22. The van der Waals surface area contributed by atoms with Crippen LogP contribution in [0.3, 0.4) is 0 Å². The molecule has 0 bridgehead atoms. The van der Waals surface area contributed by atoms with E-state index < -0.39 is 0 Å². The summed E-state index contributed by atoms with van der Waals surface area (Å²) in [7, 11) is 0. The molecule has 0 spiro atoms. The first kappa shape index (κ1) is 24.5. The molecule has 0 atom stereocenters. The van der Waals surface area contributed by atoms with Gasteiger partial charge in [-0.25, -0.2) is 4.98 Å². The molecule has 7 heteroatoms. The molecule has 6 nitrogen and oxygen atoms in total. The molecular weight excluding hydrogens is 444 g/mol. The molecule has 34 heavy (non-hydrogen) atoms. The Hall–Kier alpha value is -2.64. The highest BCUT2D eigenvalue weighted by atomic mass is 32.1. The van der Waals surface area contributed by atoms with Gasteiger partial charge in [0.25, 0.3) is 5.91 Å². The van der Waals surface area contributed by atoms with Crippen molar-refractivity contribution in [1.29, 1.82) is 0 Å². The van der Waals surface area contributed by atoms with Gasteiger partial charge in [0.05, 0.1) is 16.8 Å². The van der Waals surface area contributed by atoms with E-state index in [2.05, 4.69) is 47.2 Å². The number of rotatable bonds is 11. The molecule has 2 aromatic carbocycles. The number of fused-ring (bicyclic) bond motifs is 1. The van der Waals surface area contributed by atoms with Crippen LogP contribution in [-0.2, 0) is 6.42 Å². The van der Waals surface area contributed by atoms with Crippen molar-refractivity contribution in [3.05, 3.63) is 53.6 Å². The minimum atomic E-state index is -0.0430. The molecule has 1 saturated heterocycles. The van der Waals surface area contributed by atoms with Crippen molar-refractivity contribution in [2.75, 3.05) is 50.8 Å². The zero-order valence-corrected chi connectivity index (χ0v) is 21.2. The van der Waals surface area contributed by atoms with Gasteiger partial charge in [-0.3, -0.25) is 9.69 Å². The van der Waals surface area contributed by atoms with Crippen LogP contribution in [0.15, 0.2) is 42.5 Å². The number of thiazole rings is 1. The number of carbonyl (C=O) groups excluding carboxylic acids is 1. The van der Waals surface area contributed by atoms with Crippen LogP contribution < -0.4 is 15.0 Å². The summed E-state index contributed by atoms with van der Waals surface area (Å²) in [6.07, 6.45) is 4.42. The third-order valence-corrected chi connectivity index (χ3v) is 7.40. The highest BCUT2D eigenvalue weighted by Gasteiger charge is 2.20. The van der Waals surface area contributed by atoms with Gasteiger partial charge in [-0.2, -0.15) is 0 Å². The van der Waals surface area contributed by atoms with Gasteiger partial charge in [0.15, 0.2) is 5.13 Å². The van der Waals surface area contributed by atoms with Crippen molar-refractivity contribution < 1.29 is 9.53 Å². The second kappa shape index (κ2) is 12.2. The monoisotopic (exact) mass is 480 g/mol. The molecule has 1 aromatic heterocycles. The number of hydrogen-bond acceptors (Lipinski definition) is 6. The number of anilines is 1. The molecule has 1 amide bonds. The first-order valence-electron chi connectivity index (χ1n) is 12.5. The van der Waals surface area contributed by atoms with E-state index in [4.69, 9.17) is 9.72 Å². The maximum absolute atomic E-state index is 12.6. The van der Waals surface area contributed by atoms with Gasteiger partial charge >= 0.3 is 0 Å². The second-order valence-corrected chi connectivity index (χ2v) is 9.83. The van der Waals surface area contributed by atoms with Gasteiger partial charge in [-0.1, -0.05) is 50.2 Å². The average molecular weight is 481 g/mol. The molecule has 4 rings (SSSR count). The van der Waals surface area contributed by atoms with Crippen LogP contribution in [0.2, 0.25) is 0 Å². The van der Waals surface area contributed by atoms with E-state index >= 15 is 0 Å². The fraction of sp³-hybridized carbons (Fsp3) is 0.481. The van der Waals surface area contributed by atoms with Crippen molar-refractivity contribution in [2.45, 2.75) is 39.5 Å². The summed E-state index contributed by atoms with van der Waals surface area (Å²) in [6, 6.07) is 14.1. The smallest absolute Gasteiger partial charge is 0.251 e. The summed E-state index contributed by atoms with van der Waals surface area (Å²) in [5, 5.41) is 4.18. The van der Waals surface area contributed by atoms with E-state index in [1.807, 2.05) is 24.3 Å². The van der Waals surface area contributed by atoms with Crippen molar-refractivity contribution in [2.24, 2.45) is 0 Å². The standard InChI is InChI=1S/C27H36N4O2S/c1-3-5-6-18-33-23-9-7-8-22(20-23)26(32)28-12-13-30-14-16-31(17-15-30)27-29-24-11-10-21(4-2)19-25(24)34-27/h7-11,19-20H,3-6,12-18H2,1-2H3,(H,28,32). The minimum Gasteiger partial charge on any atom is -0.494 e. The van der Waals surface area contributed by atoms with E-state index in [1.54, 1.807) is 11.3 Å². The summed E-state index contributed by atoms with van der Waals surface area (Å²) in [6.45, 7) is 10.4. The van der Waals surface area contributed by atoms with Crippen LogP contribution in [0.5, 0.6) is 5.75 Å². The summed E-state index contributed by atoms with van der Waals surface area (Å²) in [5.74, 6) is 0.721. The molecule has 1 N–H and O–H groups in total. The third kappa shape index (κ3) is 6.48. The fourth-order valence-electron chi connectivity index (χ4n) is 4.17. The Labute approximate surface area is 206 Å². The van der Waals surface area contributed by atoms with Crippen LogP contribution in [0.4, 0.5) is 5.13 Å². The number of piperazine rings is 1. The number of nitrogens with one attached hydrogen (secondary N) is 1. The topological polar surface area (TPSA) is 57.7 Å². The number of aryl methyl sites for hydroxylation is 1. The van der Waals surface area contributed by atoms with Gasteiger partial charge in [0.1, 0.15) is 5.75 Å². The molecule has 1 aliphatic heterocycles. The molecular formula is C27H36N4O2S. The van der Waals surface area contributed by atoms with E-state index in [0.29, 0.717) is 18.7 Å². The van der Waals surface area contributed by atoms with Gasteiger partial charge in [-0.05, 0) is 48.7 Å². The van der Waals surface area contributed by atoms with Gasteiger partial charge in [0.2, 0.25) is 0 Å². The Bertz CT molecular complexity index is 1080. The largest absolute Gasteiger partial charge is 0.494 e. The Kier molecular flexibility index (Phi) is 8.77. The summed E-state index contributed by atoms with van der Waals surface area (Å²) < 4.78 is 7.05. The maximum atomic E-state index is 12.6. The lowest BCUT2D eigenvalue weighted by Crippen LogP contribution is -2.48. The second-order valence-electron chi connectivity index (χ2n) is 8.82. The molecule has 2 heterocycles.